The average molecular weight is 299 g/mol. The lowest BCUT2D eigenvalue weighted by atomic mass is 9.94. The molecule has 1 heterocycles. The van der Waals surface area contributed by atoms with Crippen molar-refractivity contribution in [3.63, 3.8) is 0 Å². The first-order valence-corrected chi connectivity index (χ1v) is 6.45. The molecule has 3 nitrogen and oxygen atoms in total. The molecule has 19 heavy (non-hydrogen) atoms. The molecule has 1 aromatic heterocycles. The van der Waals surface area contributed by atoms with Crippen LogP contribution in [0.15, 0.2) is 6.20 Å². The number of aromatic nitrogens is 2. The van der Waals surface area contributed by atoms with Gasteiger partial charge in [0.15, 0.2) is 0 Å². The van der Waals surface area contributed by atoms with Crippen molar-refractivity contribution < 1.29 is 18.3 Å². The highest BCUT2D eigenvalue weighted by Gasteiger charge is 2.33. The molecule has 1 rings (SSSR count). The van der Waals surface area contributed by atoms with Gasteiger partial charge in [0.25, 0.3) is 0 Å². The van der Waals surface area contributed by atoms with E-state index in [1.165, 1.54) is 17.8 Å². The lowest BCUT2D eigenvalue weighted by Crippen LogP contribution is -2.27. The maximum absolute atomic E-state index is 12.1. The monoisotopic (exact) mass is 298 g/mol. The van der Waals surface area contributed by atoms with E-state index < -0.39 is 18.2 Å². The first-order chi connectivity index (χ1) is 8.54. The summed E-state index contributed by atoms with van der Waals surface area (Å²) in [5, 5.41) is 14.7. The van der Waals surface area contributed by atoms with Crippen LogP contribution in [0.4, 0.5) is 13.2 Å². The molecule has 7 heteroatoms. The third-order valence-electron chi connectivity index (χ3n) is 2.87. The second-order valence-electron chi connectivity index (χ2n) is 5.12. The van der Waals surface area contributed by atoms with Gasteiger partial charge in [-0.25, -0.2) is 0 Å². The van der Waals surface area contributed by atoms with Crippen molar-refractivity contribution in [3.8, 4) is 0 Å². The number of hydrogen-bond acceptors (Lipinski definition) is 2. The van der Waals surface area contributed by atoms with Crippen LogP contribution in [0.2, 0.25) is 5.02 Å². The Labute approximate surface area is 115 Å². The zero-order chi connectivity index (χ0) is 14.8. The number of halogens is 4. The normalized spacial score (nSPS) is 15.8. The second-order valence-corrected chi connectivity index (χ2v) is 5.53. The van der Waals surface area contributed by atoms with Gasteiger partial charge < -0.3 is 5.11 Å². The number of nitrogens with zero attached hydrogens (tertiary/aromatic N) is 2. The Balaban J connectivity index is 2.85. The molecular weight excluding hydrogens is 281 g/mol. The SMILES string of the molecule is CC(C)n1ncc(Cl)c1C(C)(O)CCCC(F)(F)F. The molecule has 0 aromatic carbocycles. The summed E-state index contributed by atoms with van der Waals surface area (Å²) in [4.78, 5) is 0. The molecule has 0 bridgehead atoms. The molecule has 0 fully saturated rings. The van der Waals surface area contributed by atoms with Gasteiger partial charge in [0, 0.05) is 12.5 Å². The van der Waals surface area contributed by atoms with Crippen molar-refractivity contribution in [3.05, 3.63) is 16.9 Å². The van der Waals surface area contributed by atoms with Crippen LogP contribution < -0.4 is 0 Å². The third-order valence-corrected chi connectivity index (χ3v) is 3.15. The zero-order valence-electron chi connectivity index (χ0n) is 11.1. The predicted octanol–water partition coefficient (Wildman–Crippen LogP) is 4.06. The van der Waals surface area contributed by atoms with Gasteiger partial charge in [-0.1, -0.05) is 11.6 Å². The second kappa shape index (κ2) is 5.71. The van der Waals surface area contributed by atoms with Crippen molar-refractivity contribution in [2.45, 2.75) is 57.9 Å². The van der Waals surface area contributed by atoms with Crippen LogP contribution in [0, 0.1) is 0 Å². The van der Waals surface area contributed by atoms with Crippen LogP contribution in [0.3, 0.4) is 0 Å². The van der Waals surface area contributed by atoms with Crippen molar-refractivity contribution in [1.29, 1.82) is 0 Å². The number of aliphatic hydroxyl groups is 1. The van der Waals surface area contributed by atoms with Crippen LogP contribution in [-0.2, 0) is 5.60 Å². The van der Waals surface area contributed by atoms with E-state index in [1.807, 2.05) is 13.8 Å². The quantitative estimate of drug-likeness (QED) is 0.890. The van der Waals surface area contributed by atoms with E-state index >= 15 is 0 Å². The average Bonchev–Trinajstić information content (AvgIpc) is 2.58. The van der Waals surface area contributed by atoms with E-state index in [0.717, 1.165) is 0 Å². The number of hydrogen-bond donors (Lipinski definition) is 1. The Hall–Kier alpha value is -0.750. The highest BCUT2D eigenvalue weighted by atomic mass is 35.5. The molecule has 0 saturated heterocycles. The Morgan fingerprint density at radius 1 is 1.37 bits per heavy atom. The predicted molar refractivity (Wildman–Crippen MR) is 67.1 cm³/mol. The first kappa shape index (κ1) is 16.3. The smallest absolute Gasteiger partial charge is 0.384 e. The summed E-state index contributed by atoms with van der Waals surface area (Å²) in [6.45, 7) is 5.18. The highest BCUT2D eigenvalue weighted by molar-refractivity contribution is 6.31. The Morgan fingerprint density at radius 3 is 2.42 bits per heavy atom. The Kier molecular flexibility index (Phi) is 4.90. The summed E-state index contributed by atoms with van der Waals surface area (Å²) < 4.78 is 37.9. The van der Waals surface area contributed by atoms with Crippen molar-refractivity contribution in [1.82, 2.24) is 9.78 Å². The first-order valence-electron chi connectivity index (χ1n) is 6.07. The molecule has 0 aliphatic carbocycles. The van der Waals surface area contributed by atoms with Crippen LogP contribution in [0.25, 0.3) is 0 Å². The summed E-state index contributed by atoms with van der Waals surface area (Å²) in [5.41, 5.74) is -1.06. The fourth-order valence-electron chi connectivity index (χ4n) is 1.99. The lowest BCUT2D eigenvalue weighted by molar-refractivity contribution is -0.138. The largest absolute Gasteiger partial charge is 0.389 e. The molecule has 1 atom stereocenters. The molecule has 0 aliphatic heterocycles. The fraction of sp³-hybridized carbons (Fsp3) is 0.750. The molecule has 0 radical (unpaired) electrons. The van der Waals surface area contributed by atoms with Gasteiger partial charge in [-0.3, -0.25) is 4.68 Å². The molecule has 0 spiro atoms. The van der Waals surface area contributed by atoms with Gasteiger partial charge in [0.2, 0.25) is 0 Å². The Morgan fingerprint density at radius 2 is 1.95 bits per heavy atom. The number of alkyl halides is 3. The van der Waals surface area contributed by atoms with Crippen LogP contribution in [0.5, 0.6) is 0 Å². The van der Waals surface area contributed by atoms with Gasteiger partial charge in [0.1, 0.15) is 5.60 Å². The molecule has 1 aromatic rings. The minimum atomic E-state index is -4.21. The highest BCUT2D eigenvalue weighted by Crippen LogP contribution is 2.35. The zero-order valence-corrected chi connectivity index (χ0v) is 11.9. The number of rotatable bonds is 5. The van der Waals surface area contributed by atoms with Crippen LogP contribution in [-0.4, -0.2) is 21.1 Å². The maximum atomic E-state index is 12.1. The van der Waals surface area contributed by atoms with Crippen molar-refractivity contribution in [2.75, 3.05) is 0 Å². The van der Waals surface area contributed by atoms with E-state index in [4.69, 9.17) is 11.6 Å². The Bertz CT molecular complexity index is 427. The van der Waals surface area contributed by atoms with Gasteiger partial charge in [-0.05, 0) is 33.6 Å². The molecule has 110 valence electrons. The van der Waals surface area contributed by atoms with E-state index in [1.54, 1.807) is 0 Å². The van der Waals surface area contributed by atoms with Crippen LogP contribution >= 0.6 is 11.6 Å². The van der Waals surface area contributed by atoms with Gasteiger partial charge in [-0.2, -0.15) is 18.3 Å². The van der Waals surface area contributed by atoms with E-state index in [-0.39, 0.29) is 23.9 Å². The van der Waals surface area contributed by atoms with Crippen LogP contribution in [0.1, 0.15) is 51.8 Å². The molecule has 1 unspecified atom stereocenters. The van der Waals surface area contributed by atoms with E-state index in [9.17, 15) is 18.3 Å². The fourth-order valence-corrected chi connectivity index (χ4v) is 2.32. The molecule has 1 N–H and O–H groups in total. The molecule has 0 saturated carbocycles. The summed E-state index contributed by atoms with van der Waals surface area (Å²) in [7, 11) is 0. The maximum Gasteiger partial charge on any atom is 0.389 e. The summed E-state index contributed by atoms with van der Waals surface area (Å²) in [5.74, 6) is 0. The van der Waals surface area contributed by atoms with Gasteiger partial charge >= 0.3 is 6.18 Å². The van der Waals surface area contributed by atoms with E-state index in [2.05, 4.69) is 5.10 Å². The molecular formula is C12H18ClF3N2O. The summed E-state index contributed by atoms with van der Waals surface area (Å²) >= 11 is 5.98. The standard InChI is InChI=1S/C12H18ClF3N2O/c1-8(2)18-10(9(13)7-17-18)11(3,19)5-4-6-12(14,15)16/h7-8,19H,4-6H2,1-3H3. The molecule has 0 aliphatic rings. The summed E-state index contributed by atoms with van der Waals surface area (Å²) in [6.07, 6.45) is -3.91. The minimum absolute atomic E-state index is 0.0232. The third kappa shape index (κ3) is 4.38. The lowest BCUT2D eigenvalue weighted by Gasteiger charge is -2.26. The minimum Gasteiger partial charge on any atom is -0.384 e. The van der Waals surface area contributed by atoms with Crippen molar-refractivity contribution in [2.24, 2.45) is 0 Å². The van der Waals surface area contributed by atoms with Gasteiger partial charge in [0.05, 0.1) is 16.9 Å². The summed E-state index contributed by atoms with van der Waals surface area (Å²) in [6, 6.07) is -0.0309. The van der Waals surface area contributed by atoms with Gasteiger partial charge in [-0.15, -0.1) is 0 Å². The van der Waals surface area contributed by atoms with E-state index in [0.29, 0.717) is 5.69 Å². The topological polar surface area (TPSA) is 38.0 Å². The van der Waals surface area contributed by atoms with Crippen molar-refractivity contribution >= 4 is 11.6 Å². The molecule has 0 amide bonds.